The summed E-state index contributed by atoms with van der Waals surface area (Å²) in [4.78, 5) is 4.22. The number of rotatable bonds is 3. The van der Waals surface area contributed by atoms with Crippen LogP contribution in [0, 0.1) is 0 Å². The van der Waals surface area contributed by atoms with Crippen LogP contribution in [-0.4, -0.2) is 4.98 Å². The van der Waals surface area contributed by atoms with Gasteiger partial charge in [0.15, 0.2) is 0 Å². The molecule has 0 aliphatic rings. The lowest BCUT2D eigenvalue weighted by Crippen LogP contribution is -2.07. The topological polar surface area (TPSA) is 24.9 Å². The Morgan fingerprint density at radius 1 is 1.12 bits per heavy atom. The summed E-state index contributed by atoms with van der Waals surface area (Å²) >= 11 is 6.12. The molecule has 2 nitrogen and oxygen atoms in total. The fraction of sp³-hybridized carbons (Fsp3) is 0.154. The van der Waals surface area contributed by atoms with E-state index in [0.29, 0.717) is 0 Å². The minimum atomic E-state index is 0.142. The number of hydrogen-bond acceptors (Lipinski definition) is 2. The standard InChI is InChI=1S/C13H13ClN2/c1-10(11-6-2-3-7-12(11)14)16-13-8-4-5-9-15-13/h2-10H,1H3,(H,15,16). The van der Waals surface area contributed by atoms with Crippen molar-refractivity contribution in [1.29, 1.82) is 0 Å². The molecule has 1 atom stereocenters. The molecule has 1 N–H and O–H groups in total. The zero-order chi connectivity index (χ0) is 11.4. The zero-order valence-corrected chi connectivity index (χ0v) is 9.78. The van der Waals surface area contributed by atoms with Gasteiger partial charge >= 0.3 is 0 Å². The minimum absolute atomic E-state index is 0.142. The number of anilines is 1. The Morgan fingerprint density at radius 2 is 1.88 bits per heavy atom. The maximum absolute atomic E-state index is 6.12. The Balaban J connectivity index is 2.15. The Hall–Kier alpha value is -1.54. The second kappa shape index (κ2) is 4.99. The number of aromatic nitrogens is 1. The highest BCUT2D eigenvalue weighted by molar-refractivity contribution is 6.31. The first kappa shape index (κ1) is 11.0. The largest absolute Gasteiger partial charge is 0.363 e. The van der Waals surface area contributed by atoms with Gasteiger partial charge in [-0.15, -0.1) is 0 Å². The van der Waals surface area contributed by atoms with Crippen LogP contribution in [0.25, 0.3) is 0 Å². The van der Waals surface area contributed by atoms with Gasteiger partial charge in [-0.3, -0.25) is 0 Å². The van der Waals surface area contributed by atoms with Crippen LogP contribution >= 0.6 is 11.6 Å². The van der Waals surface area contributed by atoms with Gasteiger partial charge in [0.05, 0.1) is 6.04 Å². The predicted octanol–water partition coefficient (Wildman–Crippen LogP) is 3.91. The van der Waals surface area contributed by atoms with Crippen LogP contribution in [0.1, 0.15) is 18.5 Å². The van der Waals surface area contributed by atoms with E-state index in [-0.39, 0.29) is 6.04 Å². The van der Waals surface area contributed by atoms with E-state index in [0.717, 1.165) is 16.4 Å². The molecular weight excluding hydrogens is 220 g/mol. The van der Waals surface area contributed by atoms with Gasteiger partial charge < -0.3 is 5.32 Å². The predicted molar refractivity (Wildman–Crippen MR) is 67.7 cm³/mol. The van der Waals surface area contributed by atoms with E-state index in [4.69, 9.17) is 11.6 Å². The smallest absolute Gasteiger partial charge is 0.126 e. The SMILES string of the molecule is CC(Nc1ccccn1)c1ccccc1Cl. The van der Waals surface area contributed by atoms with Crippen molar-refractivity contribution < 1.29 is 0 Å². The molecule has 0 saturated carbocycles. The third-order valence-electron chi connectivity index (χ3n) is 2.40. The number of hydrogen-bond donors (Lipinski definition) is 1. The van der Waals surface area contributed by atoms with E-state index < -0.39 is 0 Å². The van der Waals surface area contributed by atoms with Gasteiger partial charge in [-0.25, -0.2) is 4.98 Å². The lowest BCUT2D eigenvalue weighted by Gasteiger charge is -2.15. The number of benzene rings is 1. The Bertz CT molecular complexity index is 456. The minimum Gasteiger partial charge on any atom is -0.363 e. The van der Waals surface area contributed by atoms with E-state index in [1.807, 2.05) is 42.5 Å². The first-order chi connectivity index (χ1) is 7.77. The maximum Gasteiger partial charge on any atom is 0.126 e. The summed E-state index contributed by atoms with van der Waals surface area (Å²) in [7, 11) is 0. The Kier molecular flexibility index (Phi) is 3.42. The molecule has 1 aromatic carbocycles. The molecule has 82 valence electrons. The van der Waals surface area contributed by atoms with Crippen molar-refractivity contribution in [2.75, 3.05) is 5.32 Å². The van der Waals surface area contributed by atoms with Crippen molar-refractivity contribution in [2.45, 2.75) is 13.0 Å². The van der Waals surface area contributed by atoms with E-state index in [1.54, 1.807) is 6.20 Å². The third-order valence-corrected chi connectivity index (χ3v) is 2.75. The molecule has 0 radical (unpaired) electrons. The molecule has 2 rings (SSSR count). The van der Waals surface area contributed by atoms with Gasteiger partial charge in [-0.05, 0) is 30.7 Å². The van der Waals surface area contributed by atoms with Gasteiger partial charge in [0, 0.05) is 11.2 Å². The highest BCUT2D eigenvalue weighted by atomic mass is 35.5. The fourth-order valence-electron chi connectivity index (χ4n) is 1.57. The molecule has 0 spiro atoms. The van der Waals surface area contributed by atoms with Crippen molar-refractivity contribution >= 4 is 17.4 Å². The summed E-state index contributed by atoms with van der Waals surface area (Å²) in [6.45, 7) is 2.07. The molecule has 0 amide bonds. The molecule has 0 saturated heterocycles. The molecule has 1 aromatic heterocycles. The first-order valence-corrected chi connectivity index (χ1v) is 5.57. The summed E-state index contributed by atoms with van der Waals surface area (Å²) in [6.07, 6.45) is 1.77. The monoisotopic (exact) mass is 232 g/mol. The van der Waals surface area contributed by atoms with Gasteiger partial charge in [0.2, 0.25) is 0 Å². The third kappa shape index (κ3) is 2.52. The van der Waals surface area contributed by atoms with Crippen LogP contribution in [0.3, 0.4) is 0 Å². The lowest BCUT2D eigenvalue weighted by atomic mass is 10.1. The van der Waals surface area contributed by atoms with Crippen LogP contribution in [0.5, 0.6) is 0 Å². The maximum atomic E-state index is 6.12. The number of nitrogens with one attached hydrogen (secondary N) is 1. The Labute approximate surface area is 100 Å². The molecule has 0 bridgehead atoms. The van der Waals surface area contributed by atoms with Crippen LogP contribution in [0.15, 0.2) is 48.7 Å². The first-order valence-electron chi connectivity index (χ1n) is 5.19. The van der Waals surface area contributed by atoms with E-state index in [1.165, 1.54) is 0 Å². The van der Waals surface area contributed by atoms with Gasteiger partial charge in [-0.1, -0.05) is 35.9 Å². The quantitative estimate of drug-likeness (QED) is 0.868. The summed E-state index contributed by atoms with van der Waals surface area (Å²) in [6, 6.07) is 13.8. The van der Waals surface area contributed by atoms with Crippen LogP contribution in [0.2, 0.25) is 5.02 Å². The molecule has 0 fully saturated rings. The summed E-state index contributed by atoms with van der Waals surface area (Å²) in [5.41, 5.74) is 1.08. The number of nitrogens with zero attached hydrogens (tertiary/aromatic N) is 1. The number of pyridine rings is 1. The molecule has 1 unspecified atom stereocenters. The van der Waals surface area contributed by atoms with E-state index >= 15 is 0 Å². The summed E-state index contributed by atoms with van der Waals surface area (Å²) in [5.74, 6) is 0.856. The average Bonchev–Trinajstić information content (AvgIpc) is 2.31. The molecule has 0 aliphatic heterocycles. The molecule has 16 heavy (non-hydrogen) atoms. The van der Waals surface area contributed by atoms with Crippen molar-refractivity contribution in [3.63, 3.8) is 0 Å². The highest BCUT2D eigenvalue weighted by Crippen LogP contribution is 2.24. The average molecular weight is 233 g/mol. The van der Waals surface area contributed by atoms with Crippen LogP contribution in [-0.2, 0) is 0 Å². The molecule has 2 aromatic rings. The molecule has 3 heteroatoms. The van der Waals surface area contributed by atoms with Crippen LogP contribution in [0.4, 0.5) is 5.82 Å². The van der Waals surface area contributed by atoms with E-state index in [9.17, 15) is 0 Å². The van der Waals surface area contributed by atoms with E-state index in [2.05, 4.69) is 17.2 Å². The molecule has 1 heterocycles. The highest BCUT2D eigenvalue weighted by Gasteiger charge is 2.08. The van der Waals surface area contributed by atoms with Gasteiger partial charge in [0.25, 0.3) is 0 Å². The summed E-state index contributed by atoms with van der Waals surface area (Å²) in [5, 5.41) is 4.08. The van der Waals surface area contributed by atoms with Crippen molar-refractivity contribution in [1.82, 2.24) is 4.98 Å². The second-order valence-electron chi connectivity index (χ2n) is 3.60. The zero-order valence-electron chi connectivity index (χ0n) is 9.02. The van der Waals surface area contributed by atoms with Crippen molar-refractivity contribution in [2.24, 2.45) is 0 Å². The lowest BCUT2D eigenvalue weighted by molar-refractivity contribution is 0.875. The molecule has 0 aliphatic carbocycles. The van der Waals surface area contributed by atoms with Gasteiger partial charge in [0.1, 0.15) is 5.82 Å². The normalized spacial score (nSPS) is 12.1. The van der Waals surface area contributed by atoms with Crippen LogP contribution < -0.4 is 5.32 Å². The number of halogens is 1. The summed E-state index contributed by atoms with van der Waals surface area (Å²) < 4.78 is 0. The van der Waals surface area contributed by atoms with Gasteiger partial charge in [-0.2, -0.15) is 0 Å². The fourth-order valence-corrected chi connectivity index (χ4v) is 1.87. The van der Waals surface area contributed by atoms with Crippen molar-refractivity contribution in [3.05, 3.63) is 59.2 Å². The van der Waals surface area contributed by atoms with Crippen molar-refractivity contribution in [3.8, 4) is 0 Å². The molecular formula is C13H13ClN2. The second-order valence-corrected chi connectivity index (χ2v) is 4.01. The Morgan fingerprint density at radius 3 is 2.56 bits per heavy atom.